The van der Waals surface area contributed by atoms with Crippen molar-refractivity contribution in [3.8, 4) is 5.75 Å². The van der Waals surface area contributed by atoms with Crippen LogP contribution in [0.15, 0.2) is 63.9 Å². The van der Waals surface area contributed by atoms with E-state index in [1.807, 2.05) is 25.1 Å². The minimum Gasteiger partial charge on any atom is -0.502 e. The normalized spacial score (nSPS) is 11.2. The van der Waals surface area contributed by atoms with Crippen LogP contribution in [0.3, 0.4) is 0 Å². The average molecular weight is 513 g/mol. The maximum atomic E-state index is 12.3. The highest BCUT2D eigenvalue weighted by molar-refractivity contribution is 8.01. The third kappa shape index (κ3) is 5.71. The summed E-state index contributed by atoms with van der Waals surface area (Å²) in [6.45, 7) is 1.90. The first-order chi connectivity index (χ1) is 16.3. The molecule has 34 heavy (non-hydrogen) atoms. The van der Waals surface area contributed by atoms with E-state index in [0.717, 1.165) is 20.1 Å². The van der Waals surface area contributed by atoms with Gasteiger partial charge in [0.1, 0.15) is 0 Å². The van der Waals surface area contributed by atoms with E-state index in [2.05, 4.69) is 15.3 Å². The fraction of sp³-hybridized carbons (Fsp3) is 0.0870. The number of thioether (sulfide) groups is 1. The summed E-state index contributed by atoms with van der Waals surface area (Å²) in [7, 11) is 0. The van der Waals surface area contributed by atoms with Crippen LogP contribution in [0, 0.1) is 17.0 Å². The molecule has 0 aliphatic rings. The number of thiazole rings is 1. The van der Waals surface area contributed by atoms with E-state index in [4.69, 9.17) is 11.6 Å². The predicted octanol–water partition coefficient (Wildman–Crippen LogP) is 6.35. The third-order valence-corrected chi connectivity index (χ3v) is 7.26. The van der Waals surface area contributed by atoms with E-state index in [-0.39, 0.29) is 17.3 Å². The average Bonchev–Trinajstić information content (AvgIpc) is 3.21. The van der Waals surface area contributed by atoms with Gasteiger partial charge in [0.05, 0.1) is 26.6 Å². The molecule has 0 saturated carbocycles. The summed E-state index contributed by atoms with van der Waals surface area (Å²) in [4.78, 5) is 31.5. The molecule has 0 radical (unpaired) electrons. The van der Waals surface area contributed by atoms with Gasteiger partial charge in [-0.05, 0) is 60.5 Å². The second-order valence-electron chi connectivity index (χ2n) is 7.20. The Balaban J connectivity index is 1.41. The summed E-state index contributed by atoms with van der Waals surface area (Å²) in [5.41, 5.74) is 3.14. The Bertz CT molecular complexity index is 1440. The number of anilines is 1. The van der Waals surface area contributed by atoms with E-state index < -0.39 is 10.7 Å². The van der Waals surface area contributed by atoms with Crippen molar-refractivity contribution < 1.29 is 14.8 Å². The lowest BCUT2D eigenvalue weighted by molar-refractivity contribution is -0.385. The maximum absolute atomic E-state index is 12.3. The quantitative estimate of drug-likeness (QED) is 0.129. The molecular formula is C23H17ClN4O4S2. The number of nitrogens with one attached hydrogen (secondary N) is 1. The van der Waals surface area contributed by atoms with Gasteiger partial charge in [0.25, 0.3) is 0 Å². The number of benzene rings is 3. The Morgan fingerprint density at radius 2 is 2.09 bits per heavy atom. The number of hydrogen-bond acceptors (Lipinski definition) is 8. The van der Waals surface area contributed by atoms with Crippen LogP contribution in [-0.2, 0) is 4.79 Å². The lowest BCUT2D eigenvalue weighted by Crippen LogP contribution is -2.13. The number of fused-ring (bicyclic) bond motifs is 1. The van der Waals surface area contributed by atoms with E-state index in [0.29, 0.717) is 22.0 Å². The first-order valence-electron chi connectivity index (χ1n) is 9.89. The lowest BCUT2D eigenvalue weighted by Gasteiger charge is -2.06. The maximum Gasteiger partial charge on any atom is 0.311 e. The van der Waals surface area contributed by atoms with Gasteiger partial charge in [0.15, 0.2) is 10.1 Å². The molecule has 0 bridgehead atoms. The lowest BCUT2D eigenvalue weighted by atomic mass is 10.2. The van der Waals surface area contributed by atoms with Gasteiger partial charge < -0.3 is 10.4 Å². The van der Waals surface area contributed by atoms with Crippen LogP contribution in [0.25, 0.3) is 10.2 Å². The molecule has 0 atom stereocenters. The zero-order valence-electron chi connectivity index (χ0n) is 17.7. The topological polar surface area (TPSA) is 118 Å². The summed E-state index contributed by atoms with van der Waals surface area (Å²) in [5, 5.41) is 24.0. The van der Waals surface area contributed by atoms with Crippen molar-refractivity contribution in [1.82, 2.24) is 4.98 Å². The second kappa shape index (κ2) is 10.2. The molecule has 0 fully saturated rings. The largest absolute Gasteiger partial charge is 0.502 e. The van der Waals surface area contributed by atoms with Crippen LogP contribution in [0.1, 0.15) is 11.1 Å². The first-order valence-corrected chi connectivity index (χ1v) is 12.1. The van der Waals surface area contributed by atoms with Crippen molar-refractivity contribution in [1.29, 1.82) is 0 Å². The number of carbonyl (C=O) groups excluding carboxylic acids is 1. The number of hydrogen-bond donors (Lipinski definition) is 2. The number of nitro benzene ring substituents is 1. The number of nitrogens with zero attached hydrogens (tertiary/aromatic N) is 3. The van der Waals surface area contributed by atoms with Gasteiger partial charge in [0, 0.05) is 23.0 Å². The van der Waals surface area contributed by atoms with Gasteiger partial charge in [-0.15, -0.1) is 11.3 Å². The molecule has 8 nitrogen and oxygen atoms in total. The molecule has 11 heteroatoms. The molecule has 4 aromatic rings. The molecular weight excluding hydrogens is 496 g/mol. The minimum atomic E-state index is -0.647. The number of rotatable bonds is 7. The van der Waals surface area contributed by atoms with Crippen LogP contribution >= 0.6 is 34.7 Å². The molecule has 172 valence electrons. The molecule has 0 saturated heterocycles. The molecule has 0 aliphatic heterocycles. The number of aromatic hydroxyl groups is 1. The number of amides is 1. The Morgan fingerprint density at radius 1 is 1.26 bits per heavy atom. The van der Waals surface area contributed by atoms with Gasteiger partial charge in [0.2, 0.25) is 5.91 Å². The standard InChI is InChI=1S/C23H17ClN4O4S2/c1-13-2-4-16(9-17(13)24)26-22(30)12-33-23-27-18-6-5-15(10-21(18)34-23)25-11-14-3-7-20(29)19(8-14)28(31)32/h2-11,29H,12H2,1H3,(H,26,30). The van der Waals surface area contributed by atoms with Crippen LogP contribution < -0.4 is 5.32 Å². The van der Waals surface area contributed by atoms with Crippen LogP contribution in [-0.4, -0.2) is 32.9 Å². The summed E-state index contributed by atoms with van der Waals surface area (Å²) < 4.78 is 1.65. The van der Waals surface area contributed by atoms with Crippen LogP contribution in [0.4, 0.5) is 17.1 Å². The molecule has 0 unspecified atom stereocenters. The minimum absolute atomic E-state index is 0.155. The Kier molecular flexibility index (Phi) is 7.11. The second-order valence-corrected chi connectivity index (χ2v) is 9.86. The van der Waals surface area contributed by atoms with Gasteiger partial charge in [-0.1, -0.05) is 29.4 Å². The summed E-state index contributed by atoms with van der Waals surface area (Å²) in [5.74, 6) is -0.345. The number of aromatic nitrogens is 1. The summed E-state index contributed by atoms with van der Waals surface area (Å²) in [6, 6.07) is 14.9. The molecule has 0 aliphatic carbocycles. The summed E-state index contributed by atoms with van der Waals surface area (Å²) >= 11 is 8.89. The highest BCUT2D eigenvalue weighted by Crippen LogP contribution is 2.32. The van der Waals surface area contributed by atoms with Crippen LogP contribution in [0.2, 0.25) is 5.02 Å². The SMILES string of the molecule is Cc1ccc(NC(=O)CSc2nc3ccc(N=Cc4ccc(O)c([N+](=O)[O-])c4)cc3s2)cc1Cl. The molecule has 3 aromatic carbocycles. The highest BCUT2D eigenvalue weighted by atomic mass is 35.5. The fourth-order valence-corrected chi connectivity index (χ4v) is 5.03. The molecule has 2 N–H and O–H groups in total. The summed E-state index contributed by atoms with van der Waals surface area (Å²) in [6.07, 6.45) is 1.49. The molecule has 1 amide bonds. The zero-order valence-corrected chi connectivity index (χ0v) is 20.1. The van der Waals surface area contributed by atoms with Crippen LogP contribution in [0.5, 0.6) is 5.75 Å². The number of aliphatic imine (C=N–C) groups is 1. The van der Waals surface area contributed by atoms with Crippen molar-refractivity contribution in [3.63, 3.8) is 0 Å². The molecule has 4 rings (SSSR count). The Hall–Kier alpha value is -3.47. The third-order valence-electron chi connectivity index (χ3n) is 4.69. The van der Waals surface area contributed by atoms with Crippen molar-refractivity contribution >= 4 is 74.1 Å². The van der Waals surface area contributed by atoms with Crippen molar-refractivity contribution in [2.24, 2.45) is 4.99 Å². The Morgan fingerprint density at radius 3 is 2.85 bits per heavy atom. The van der Waals surface area contributed by atoms with Gasteiger partial charge in [-0.25, -0.2) is 4.98 Å². The number of phenolic OH excluding ortho intramolecular Hbond substituents is 1. The van der Waals surface area contributed by atoms with Gasteiger partial charge in [-0.3, -0.25) is 19.9 Å². The van der Waals surface area contributed by atoms with E-state index in [1.54, 1.807) is 24.3 Å². The highest BCUT2D eigenvalue weighted by Gasteiger charge is 2.13. The molecule has 0 spiro atoms. The fourth-order valence-electron chi connectivity index (χ4n) is 2.95. The molecule has 1 heterocycles. The smallest absolute Gasteiger partial charge is 0.311 e. The van der Waals surface area contributed by atoms with Crippen molar-refractivity contribution in [2.75, 3.05) is 11.1 Å². The van der Waals surface area contributed by atoms with E-state index in [9.17, 15) is 20.0 Å². The number of aryl methyl sites for hydroxylation is 1. The van der Waals surface area contributed by atoms with E-state index >= 15 is 0 Å². The van der Waals surface area contributed by atoms with Crippen molar-refractivity contribution in [3.05, 3.63) is 80.9 Å². The number of halogens is 1. The van der Waals surface area contributed by atoms with Gasteiger partial charge in [-0.2, -0.15) is 0 Å². The predicted molar refractivity (Wildman–Crippen MR) is 137 cm³/mol. The monoisotopic (exact) mass is 512 g/mol. The zero-order chi connectivity index (χ0) is 24.2. The van der Waals surface area contributed by atoms with E-state index in [1.165, 1.54) is 41.4 Å². The van der Waals surface area contributed by atoms with Crippen molar-refractivity contribution in [2.45, 2.75) is 11.3 Å². The Labute approximate surface area is 207 Å². The number of nitro groups is 1. The molecule has 1 aromatic heterocycles. The van der Waals surface area contributed by atoms with Gasteiger partial charge >= 0.3 is 5.69 Å². The number of phenols is 1. The first kappa shape index (κ1) is 23.7. The number of carbonyl (C=O) groups is 1.